The second-order valence-corrected chi connectivity index (χ2v) is 6.65. The highest BCUT2D eigenvalue weighted by Gasteiger charge is 2.67. The predicted molar refractivity (Wildman–Crippen MR) is 79.8 cm³/mol. The topological polar surface area (TPSA) is 64.9 Å². The normalized spacial score (nSPS) is 22.2. The van der Waals surface area contributed by atoms with E-state index >= 15 is 0 Å². The minimum atomic E-state index is -0.999. The highest BCUT2D eigenvalue weighted by molar-refractivity contribution is 6.53. The highest BCUT2D eigenvalue weighted by Crippen LogP contribution is 2.63. The summed E-state index contributed by atoms with van der Waals surface area (Å²) in [7, 11) is 0. The van der Waals surface area contributed by atoms with Gasteiger partial charge in [0.1, 0.15) is 21.8 Å². The van der Waals surface area contributed by atoms with E-state index in [1.165, 1.54) is 12.1 Å². The van der Waals surface area contributed by atoms with Gasteiger partial charge in [0, 0.05) is 13.1 Å². The van der Waals surface area contributed by atoms with Crippen LogP contribution in [0.25, 0.3) is 0 Å². The number of amides is 1. The molecule has 1 aliphatic rings. The van der Waals surface area contributed by atoms with Crippen LogP contribution < -0.4 is 10.6 Å². The van der Waals surface area contributed by atoms with Gasteiger partial charge in [-0.2, -0.15) is 5.26 Å². The lowest BCUT2D eigenvalue weighted by molar-refractivity contribution is -0.125. The molecule has 0 spiro atoms. The minimum absolute atomic E-state index is 0.0430. The van der Waals surface area contributed by atoms with E-state index in [4.69, 9.17) is 28.5 Å². The molecule has 0 saturated heterocycles. The zero-order valence-electron chi connectivity index (χ0n) is 11.3. The number of nitrogens with zero attached hydrogens (tertiary/aromatic N) is 1. The van der Waals surface area contributed by atoms with Crippen LogP contribution in [0.2, 0.25) is 0 Å². The van der Waals surface area contributed by atoms with Crippen LogP contribution in [0.4, 0.5) is 10.1 Å². The van der Waals surface area contributed by atoms with Gasteiger partial charge in [0.15, 0.2) is 0 Å². The first kappa shape index (κ1) is 15.9. The van der Waals surface area contributed by atoms with Crippen molar-refractivity contribution < 1.29 is 9.18 Å². The Bertz CT molecular complexity index is 615. The monoisotopic (exact) mass is 329 g/mol. The van der Waals surface area contributed by atoms with Crippen molar-refractivity contribution in [1.29, 1.82) is 5.26 Å². The van der Waals surface area contributed by atoms with Gasteiger partial charge in [0.05, 0.1) is 11.1 Å². The Morgan fingerprint density at radius 2 is 2.14 bits per heavy atom. The Hall–Kier alpha value is -1.51. The standard InChI is InChI=1S/C14H14Cl2FN3O/c1-13(8-14(13,15)16)12(21)20-6-5-19-11-4-2-3-10(17)9(11)7-18/h2-4,19H,5-6,8H2,1H3,(H,20,21)/t13-/m0/s1. The summed E-state index contributed by atoms with van der Waals surface area (Å²) in [5.41, 5.74) is -0.404. The Balaban J connectivity index is 1.83. The van der Waals surface area contributed by atoms with E-state index in [9.17, 15) is 9.18 Å². The number of carbonyl (C=O) groups excluding carboxylic acids is 1. The van der Waals surface area contributed by atoms with Gasteiger partial charge in [-0.1, -0.05) is 6.07 Å². The van der Waals surface area contributed by atoms with Crippen molar-refractivity contribution in [3.05, 3.63) is 29.6 Å². The number of nitrogens with one attached hydrogen (secondary N) is 2. The van der Waals surface area contributed by atoms with Crippen LogP contribution in [0.15, 0.2) is 18.2 Å². The first-order valence-corrected chi connectivity index (χ1v) is 7.16. The van der Waals surface area contributed by atoms with Crippen LogP contribution in [-0.2, 0) is 4.79 Å². The number of benzene rings is 1. The number of alkyl halides is 2. The van der Waals surface area contributed by atoms with Crippen molar-refractivity contribution in [2.24, 2.45) is 5.41 Å². The van der Waals surface area contributed by atoms with E-state index in [0.29, 0.717) is 25.2 Å². The summed E-state index contributed by atoms with van der Waals surface area (Å²) in [6.07, 6.45) is 0.421. The third kappa shape index (κ3) is 3.07. The van der Waals surface area contributed by atoms with Crippen molar-refractivity contribution >= 4 is 34.8 Å². The molecule has 2 N–H and O–H groups in total. The van der Waals surface area contributed by atoms with E-state index in [0.717, 1.165) is 0 Å². The second kappa shape index (κ2) is 5.70. The van der Waals surface area contributed by atoms with E-state index in [1.807, 2.05) is 0 Å². The van der Waals surface area contributed by atoms with Crippen LogP contribution in [0.3, 0.4) is 0 Å². The number of halogens is 3. The first-order valence-electron chi connectivity index (χ1n) is 6.40. The summed E-state index contributed by atoms with van der Waals surface area (Å²) in [5, 5.41) is 14.5. The molecule has 1 fully saturated rings. The maximum absolute atomic E-state index is 13.4. The molecule has 0 radical (unpaired) electrons. The predicted octanol–water partition coefficient (Wildman–Crippen LogP) is 2.81. The van der Waals surface area contributed by atoms with Gasteiger partial charge in [0.25, 0.3) is 0 Å². The molecule has 1 saturated carbocycles. The molecule has 1 atom stereocenters. The summed E-state index contributed by atoms with van der Waals surface area (Å²) < 4.78 is 12.4. The first-order chi connectivity index (χ1) is 9.82. The fourth-order valence-electron chi connectivity index (χ4n) is 2.00. The molecule has 1 aromatic carbocycles. The number of hydrogen-bond acceptors (Lipinski definition) is 3. The lowest BCUT2D eigenvalue weighted by atomic mass is 10.1. The van der Waals surface area contributed by atoms with Crippen molar-refractivity contribution in [2.75, 3.05) is 18.4 Å². The Morgan fingerprint density at radius 3 is 2.71 bits per heavy atom. The molecule has 21 heavy (non-hydrogen) atoms. The number of nitriles is 1. The molecule has 7 heteroatoms. The van der Waals surface area contributed by atoms with Gasteiger partial charge in [-0.05, 0) is 25.5 Å². The molecule has 0 aromatic heterocycles. The Labute approximate surface area is 132 Å². The van der Waals surface area contributed by atoms with Gasteiger partial charge in [-0.3, -0.25) is 4.79 Å². The molecule has 0 bridgehead atoms. The number of hydrogen-bond donors (Lipinski definition) is 2. The van der Waals surface area contributed by atoms with Crippen LogP contribution in [0.1, 0.15) is 18.9 Å². The van der Waals surface area contributed by atoms with Crippen molar-refractivity contribution in [3.8, 4) is 6.07 Å². The van der Waals surface area contributed by atoms with Crippen LogP contribution >= 0.6 is 23.2 Å². The van der Waals surface area contributed by atoms with Crippen LogP contribution in [0, 0.1) is 22.6 Å². The number of carbonyl (C=O) groups is 1. The zero-order chi connectivity index (χ0) is 15.7. The molecule has 1 aromatic rings. The summed E-state index contributed by atoms with van der Waals surface area (Å²) in [6, 6.07) is 6.14. The summed E-state index contributed by atoms with van der Waals surface area (Å²) in [5.74, 6) is -0.792. The van der Waals surface area contributed by atoms with E-state index in [2.05, 4.69) is 10.6 Å². The fraction of sp³-hybridized carbons (Fsp3) is 0.429. The molecule has 0 unspecified atom stereocenters. The lowest BCUT2D eigenvalue weighted by Gasteiger charge is -2.13. The lowest BCUT2D eigenvalue weighted by Crippen LogP contribution is -2.36. The van der Waals surface area contributed by atoms with Crippen LogP contribution in [0.5, 0.6) is 0 Å². The average Bonchev–Trinajstić information content (AvgIpc) is 2.95. The van der Waals surface area contributed by atoms with E-state index in [1.54, 1.807) is 19.1 Å². The number of anilines is 1. The Kier molecular flexibility index (Phi) is 4.31. The molecular formula is C14H14Cl2FN3O. The second-order valence-electron chi connectivity index (χ2n) is 5.17. The SMILES string of the molecule is C[C@@]1(C(=O)NCCNc2cccc(F)c2C#N)CC1(Cl)Cl. The van der Waals surface area contributed by atoms with Crippen molar-refractivity contribution in [3.63, 3.8) is 0 Å². The molecule has 4 nitrogen and oxygen atoms in total. The van der Waals surface area contributed by atoms with Gasteiger partial charge in [0.2, 0.25) is 5.91 Å². The number of rotatable bonds is 5. The van der Waals surface area contributed by atoms with Crippen molar-refractivity contribution in [1.82, 2.24) is 5.32 Å². The molecule has 1 aliphatic carbocycles. The fourth-order valence-corrected chi connectivity index (χ4v) is 2.71. The zero-order valence-corrected chi connectivity index (χ0v) is 12.9. The quantitative estimate of drug-likeness (QED) is 0.644. The molecule has 1 amide bonds. The molecule has 2 rings (SSSR count). The summed E-state index contributed by atoms with van der Waals surface area (Å²) in [6.45, 7) is 2.38. The average molecular weight is 330 g/mol. The van der Waals surface area contributed by atoms with Crippen LogP contribution in [-0.4, -0.2) is 23.3 Å². The molecule has 112 valence electrons. The van der Waals surface area contributed by atoms with E-state index < -0.39 is 15.6 Å². The largest absolute Gasteiger partial charge is 0.382 e. The maximum atomic E-state index is 13.4. The third-order valence-electron chi connectivity index (χ3n) is 3.61. The molecule has 0 heterocycles. The molecule has 0 aliphatic heterocycles. The van der Waals surface area contributed by atoms with Gasteiger partial charge < -0.3 is 10.6 Å². The minimum Gasteiger partial charge on any atom is -0.382 e. The summed E-state index contributed by atoms with van der Waals surface area (Å²) >= 11 is 11.8. The van der Waals surface area contributed by atoms with Gasteiger partial charge in [-0.25, -0.2) is 4.39 Å². The Morgan fingerprint density at radius 1 is 1.48 bits per heavy atom. The highest BCUT2D eigenvalue weighted by atomic mass is 35.5. The van der Waals surface area contributed by atoms with Gasteiger partial charge in [-0.15, -0.1) is 23.2 Å². The van der Waals surface area contributed by atoms with Gasteiger partial charge >= 0.3 is 0 Å². The molecular weight excluding hydrogens is 316 g/mol. The smallest absolute Gasteiger partial charge is 0.229 e. The third-order valence-corrected chi connectivity index (χ3v) is 4.71. The maximum Gasteiger partial charge on any atom is 0.229 e. The summed E-state index contributed by atoms with van der Waals surface area (Å²) in [4.78, 5) is 11.9. The van der Waals surface area contributed by atoms with Crippen molar-refractivity contribution in [2.45, 2.75) is 17.7 Å². The van der Waals surface area contributed by atoms with E-state index in [-0.39, 0.29) is 11.5 Å².